The molecule has 2 nitrogen and oxygen atoms in total. The summed E-state index contributed by atoms with van der Waals surface area (Å²) in [7, 11) is 0. The molecule has 4 rings (SSSR count). The van der Waals surface area contributed by atoms with Gasteiger partial charge in [-0.25, -0.2) is 0 Å². The fourth-order valence-electron chi connectivity index (χ4n) is 3.71. The van der Waals surface area contributed by atoms with Crippen molar-refractivity contribution in [3.05, 3.63) is 69.7 Å². The van der Waals surface area contributed by atoms with E-state index in [4.69, 9.17) is 23.2 Å². The average Bonchev–Trinajstić information content (AvgIpc) is 2.57. The molecule has 4 atom stereocenters. The molecule has 124 valence electrons. The highest BCUT2D eigenvalue weighted by molar-refractivity contribution is 7.99. The van der Waals surface area contributed by atoms with Crippen molar-refractivity contribution in [2.45, 2.75) is 12.1 Å². The normalized spacial score (nSPS) is 29.5. The zero-order valence-corrected chi connectivity index (χ0v) is 15.2. The molecule has 0 aromatic heterocycles. The molecule has 0 spiro atoms. The Hall–Kier alpha value is -1.00. The number of ketones is 1. The summed E-state index contributed by atoms with van der Waals surface area (Å²) in [5.41, 5.74) is 2.25. The van der Waals surface area contributed by atoms with Crippen LogP contribution in [0.3, 0.4) is 0 Å². The predicted molar refractivity (Wildman–Crippen MR) is 101 cm³/mol. The molecule has 2 aliphatic rings. The van der Waals surface area contributed by atoms with Gasteiger partial charge in [-0.3, -0.25) is 4.79 Å². The van der Waals surface area contributed by atoms with Crippen molar-refractivity contribution in [2.75, 3.05) is 11.5 Å². The van der Waals surface area contributed by atoms with Crippen molar-refractivity contribution in [3.63, 3.8) is 0 Å². The number of fused-ring (bicyclic) bond motifs is 2. The summed E-state index contributed by atoms with van der Waals surface area (Å²) in [6.07, 6.45) is 0. The molecule has 0 amide bonds. The van der Waals surface area contributed by atoms with Gasteiger partial charge in [0.05, 0.1) is 0 Å². The van der Waals surface area contributed by atoms with Crippen molar-refractivity contribution >= 4 is 40.7 Å². The number of nitrogens with one attached hydrogen (secondary N) is 1. The van der Waals surface area contributed by atoms with Crippen LogP contribution in [0.4, 0.5) is 0 Å². The van der Waals surface area contributed by atoms with E-state index in [1.807, 2.05) is 60.3 Å². The van der Waals surface area contributed by atoms with E-state index >= 15 is 0 Å². The van der Waals surface area contributed by atoms with E-state index in [0.717, 1.165) is 22.6 Å². The number of piperidine rings is 1. The summed E-state index contributed by atoms with van der Waals surface area (Å²) < 4.78 is 0. The first-order chi connectivity index (χ1) is 11.6. The first-order valence-electron chi connectivity index (χ1n) is 8.02. The zero-order valence-electron chi connectivity index (χ0n) is 12.9. The molecule has 2 fully saturated rings. The monoisotopic (exact) mass is 377 g/mol. The van der Waals surface area contributed by atoms with Gasteiger partial charge >= 0.3 is 0 Å². The van der Waals surface area contributed by atoms with Crippen molar-refractivity contribution in [3.8, 4) is 0 Å². The Morgan fingerprint density at radius 3 is 1.62 bits per heavy atom. The Balaban J connectivity index is 1.71. The third-order valence-electron chi connectivity index (χ3n) is 4.95. The maximum Gasteiger partial charge on any atom is 0.144 e. The Labute approximate surface area is 155 Å². The highest BCUT2D eigenvalue weighted by Crippen LogP contribution is 2.44. The van der Waals surface area contributed by atoms with Crippen LogP contribution in [0.25, 0.3) is 0 Å². The van der Waals surface area contributed by atoms with Gasteiger partial charge in [0.1, 0.15) is 5.78 Å². The minimum Gasteiger partial charge on any atom is -0.302 e. The minimum absolute atomic E-state index is 0.0264. The molecule has 24 heavy (non-hydrogen) atoms. The van der Waals surface area contributed by atoms with Crippen LogP contribution >= 0.6 is 35.0 Å². The van der Waals surface area contributed by atoms with E-state index in [1.54, 1.807) is 0 Å². The van der Waals surface area contributed by atoms with Gasteiger partial charge in [0, 0.05) is 45.5 Å². The zero-order chi connectivity index (χ0) is 16.7. The first-order valence-corrected chi connectivity index (χ1v) is 9.93. The molecule has 2 aromatic rings. The summed E-state index contributed by atoms with van der Waals surface area (Å²) in [6, 6.07) is 15.7. The van der Waals surface area contributed by atoms with Crippen molar-refractivity contribution in [2.24, 2.45) is 11.8 Å². The van der Waals surface area contributed by atoms with Gasteiger partial charge in [0.2, 0.25) is 0 Å². The molecule has 0 radical (unpaired) electrons. The largest absolute Gasteiger partial charge is 0.302 e. The van der Waals surface area contributed by atoms with Crippen molar-refractivity contribution < 1.29 is 4.79 Å². The molecule has 0 aliphatic carbocycles. The van der Waals surface area contributed by atoms with Gasteiger partial charge in [0.25, 0.3) is 0 Å². The number of Topliss-reactive ketones (excluding diaryl/α,β-unsaturated/α-hetero) is 1. The summed E-state index contributed by atoms with van der Waals surface area (Å²) in [5.74, 6) is 2.19. The Morgan fingerprint density at radius 2 is 1.21 bits per heavy atom. The highest BCUT2D eigenvalue weighted by Gasteiger charge is 2.46. The van der Waals surface area contributed by atoms with Crippen LogP contribution in [-0.2, 0) is 4.79 Å². The smallest absolute Gasteiger partial charge is 0.144 e. The third-order valence-corrected chi connectivity index (χ3v) is 6.64. The van der Waals surface area contributed by atoms with Gasteiger partial charge in [-0.2, -0.15) is 11.8 Å². The van der Waals surface area contributed by atoms with E-state index in [0.29, 0.717) is 15.8 Å². The molecule has 2 bridgehead atoms. The molecule has 0 saturated carbocycles. The number of benzene rings is 2. The Morgan fingerprint density at radius 1 is 0.792 bits per heavy atom. The number of rotatable bonds is 2. The summed E-state index contributed by atoms with van der Waals surface area (Å²) >= 11 is 13.9. The lowest BCUT2D eigenvalue weighted by Gasteiger charge is -2.45. The van der Waals surface area contributed by atoms with Gasteiger partial charge in [-0.05, 0) is 35.4 Å². The predicted octanol–water partition coefficient (Wildman–Crippen LogP) is 4.93. The van der Waals surface area contributed by atoms with Crippen LogP contribution in [0.5, 0.6) is 0 Å². The second kappa shape index (κ2) is 6.72. The molecule has 0 unspecified atom stereocenters. The van der Waals surface area contributed by atoms with Gasteiger partial charge in [-0.15, -0.1) is 0 Å². The van der Waals surface area contributed by atoms with E-state index in [9.17, 15) is 4.79 Å². The van der Waals surface area contributed by atoms with Crippen LogP contribution in [0.1, 0.15) is 23.2 Å². The number of hydrogen-bond donors (Lipinski definition) is 1. The van der Waals surface area contributed by atoms with E-state index in [2.05, 4.69) is 5.32 Å². The maximum absolute atomic E-state index is 13.0. The van der Waals surface area contributed by atoms with E-state index in [1.165, 1.54) is 0 Å². The summed E-state index contributed by atoms with van der Waals surface area (Å²) in [4.78, 5) is 13.0. The van der Waals surface area contributed by atoms with Crippen LogP contribution in [0, 0.1) is 11.8 Å². The maximum atomic E-state index is 13.0. The van der Waals surface area contributed by atoms with Gasteiger partial charge in [0.15, 0.2) is 0 Å². The van der Waals surface area contributed by atoms with Crippen LogP contribution in [0.2, 0.25) is 10.0 Å². The molecular weight excluding hydrogens is 361 g/mol. The molecule has 2 aliphatic heterocycles. The van der Waals surface area contributed by atoms with Crippen molar-refractivity contribution in [1.29, 1.82) is 0 Å². The molecule has 2 aromatic carbocycles. The number of halogens is 2. The summed E-state index contributed by atoms with van der Waals surface area (Å²) in [6.45, 7) is 0. The Kier molecular flexibility index (Phi) is 4.61. The standard InChI is InChI=1S/C19H17Cl2NOS/c20-13-5-1-11(2-6-13)17-15-9-24-10-16(19(15)23)18(22-17)12-3-7-14(21)8-4-12/h1-8,15-18,22H,9-10H2/t15-,16-,17-,18+/m0/s1. The second-order valence-electron chi connectivity index (χ2n) is 6.38. The lowest BCUT2D eigenvalue weighted by Crippen LogP contribution is -2.52. The number of hydrogen-bond acceptors (Lipinski definition) is 3. The fourth-order valence-corrected chi connectivity index (χ4v) is 5.31. The lowest BCUT2D eigenvalue weighted by atomic mass is 9.75. The Bertz CT molecular complexity index is 685. The van der Waals surface area contributed by atoms with Crippen molar-refractivity contribution in [1.82, 2.24) is 5.32 Å². The third kappa shape index (κ3) is 2.99. The average molecular weight is 378 g/mol. The number of carbonyl (C=O) groups is 1. The number of thioether (sulfide) groups is 1. The van der Waals surface area contributed by atoms with E-state index < -0.39 is 0 Å². The quantitative estimate of drug-likeness (QED) is 0.804. The van der Waals surface area contributed by atoms with Crippen LogP contribution in [-0.4, -0.2) is 17.3 Å². The van der Waals surface area contributed by atoms with Gasteiger partial charge in [-0.1, -0.05) is 47.5 Å². The second-order valence-corrected chi connectivity index (χ2v) is 8.33. The van der Waals surface area contributed by atoms with Crippen LogP contribution in [0.15, 0.2) is 48.5 Å². The SMILES string of the molecule is O=C1[C@H]2CSC[C@H]1[C@H](c1ccc(Cl)cc1)N[C@@H]2c1ccc(Cl)cc1. The summed E-state index contributed by atoms with van der Waals surface area (Å²) in [5, 5.41) is 5.16. The molecule has 5 heteroatoms. The van der Waals surface area contributed by atoms with Crippen LogP contribution < -0.4 is 5.32 Å². The molecule has 2 saturated heterocycles. The molecule has 2 heterocycles. The lowest BCUT2D eigenvalue weighted by molar-refractivity contribution is -0.130. The minimum atomic E-state index is 0.0264. The topological polar surface area (TPSA) is 29.1 Å². The fraction of sp³-hybridized carbons (Fsp3) is 0.316. The van der Waals surface area contributed by atoms with Gasteiger partial charge < -0.3 is 5.32 Å². The highest BCUT2D eigenvalue weighted by atomic mass is 35.5. The molecule has 1 N–H and O–H groups in total. The number of carbonyl (C=O) groups excluding carboxylic acids is 1. The molecular formula is C19H17Cl2NOS. The first kappa shape index (κ1) is 16.5. The van der Waals surface area contributed by atoms with E-state index in [-0.39, 0.29) is 23.9 Å².